The molecule has 2 rings (SSSR count). The van der Waals surface area contributed by atoms with Crippen molar-refractivity contribution in [2.75, 3.05) is 6.54 Å². The van der Waals surface area contributed by atoms with Crippen LogP contribution in [0.3, 0.4) is 0 Å². The molecule has 0 aromatic carbocycles. The first-order valence-electron chi connectivity index (χ1n) is 7.94. The molecule has 136 valence electrons. The molecule has 5 nitrogen and oxygen atoms in total. The van der Waals surface area contributed by atoms with Gasteiger partial charge in [-0.25, -0.2) is 9.69 Å². The summed E-state index contributed by atoms with van der Waals surface area (Å²) in [5, 5.41) is 0. The van der Waals surface area contributed by atoms with E-state index < -0.39 is 40.9 Å². The van der Waals surface area contributed by atoms with E-state index in [1.54, 1.807) is 27.7 Å². The Hall–Kier alpha value is -1.60. The Morgan fingerprint density at radius 3 is 2.17 bits per heavy atom. The molecule has 2 unspecified atom stereocenters. The number of ketones is 1. The predicted octanol–water partition coefficient (Wildman–Crippen LogP) is 3.32. The number of hydrogen-bond donors (Lipinski definition) is 0. The minimum atomic E-state index is -4.66. The van der Waals surface area contributed by atoms with Gasteiger partial charge < -0.3 is 4.74 Å². The van der Waals surface area contributed by atoms with Gasteiger partial charge in [0, 0.05) is 6.54 Å². The van der Waals surface area contributed by atoms with Gasteiger partial charge in [0.1, 0.15) is 11.0 Å². The van der Waals surface area contributed by atoms with Gasteiger partial charge in [0.05, 0.1) is 5.92 Å². The monoisotopic (exact) mass is 349 g/mol. The van der Waals surface area contributed by atoms with Crippen LogP contribution in [0.25, 0.3) is 0 Å². The number of piperidine rings is 1. The Morgan fingerprint density at radius 1 is 1.21 bits per heavy atom. The van der Waals surface area contributed by atoms with Crippen LogP contribution in [-0.2, 0) is 14.3 Å². The summed E-state index contributed by atoms with van der Waals surface area (Å²) >= 11 is 0. The first-order valence-corrected chi connectivity index (χ1v) is 7.94. The lowest BCUT2D eigenvalue weighted by molar-refractivity contribution is -0.194. The SMILES string of the molecule is CC1CC(C(=O)C2(C(F)(F)F)CC2)C(=O)N(C(=O)OC(C)(C)C)C1. The Labute approximate surface area is 138 Å². The van der Waals surface area contributed by atoms with Crippen LogP contribution in [-0.4, -0.2) is 41.0 Å². The fourth-order valence-corrected chi connectivity index (χ4v) is 3.00. The Kier molecular flexibility index (Phi) is 4.48. The van der Waals surface area contributed by atoms with E-state index in [0.717, 1.165) is 4.90 Å². The highest BCUT2D eigenvalue weighted by atomic mass is 19.4. The summed E-state index contributed by atoms with van der Waals surface area (Å²) in [4.78, 5) is 37.8. The molecule has 2 amide bonds. The number of carbonyl (C=O) groups excluding carboxylic acids is 3. The molecule has 0 N–H and O–H groups in total. The van der Waals surface area contributed by atoms with Crippen molar-refractivity contribution in [1.29, 1.82) is 0 Å². The van der Waals surface area contributed by atoms with E-state index in [2.05, 4.69) is 0 Å². The number of nitrogens with zero attached hydrogens (tertiary/aromatic N) is 1. The van der Waals surface area contributed by atoms with Gasteiger partial charge in [-0.3, -0.25) is 9.59 Å². The molecule has 0 radical (unpaired) electrons. The molecule has 1 heterocycles. The molecular weight excluding hydrogens is 327 g/mol. The van der Waals surface area contributed by atoms with E-state index in [9.17, 15) is 27.6 Å². The third-order valence-electron chi connectivity index (χ3n) is 4.39. The van der Waals surface area contributed by atoms with Crippen LogP contribution in [0, 0.1) is 17.3 Å². The van der Waals surface area contributed by atoms with Crippen molar-refractivity contribution in [2.45, 2.75) is 58.7 Å². The Bertz CT molecular complexity index is 561. The summed E-state index contributed by atoms with van der Waals surface area (Å²) in [5.74, 6) is -3.71. The molecule has 1 saturated carbocycles. The first-order chi connectivity index (χ1) is 10.8. The van der Waals surface area contributed by atoms with E-state index in [0.29, 0.717) is 0 Å². The van der Waals surface area contributed by atoms with Crippen LogP contribution in [0.4, 0.5) is 18.0 Å². The molecule has 8 heteroatoms. The standard InChI is InChI=1S/C16H22F3NO4/c1-9-7-10(11(21)15(5-6-15)16(17,18)19)12(22)20(8-9)13(23)24-14(2,3)4/h9-10H,5-8H2,1-4H3. The van der Waals surface area contributed by atoms with Crippen LogP contribution < -0.4 is 0 Å². The van der Waals surface area contributed by atoms with Crippen LogP contribution >= 0.6 is 0 Å². The van der Waals surface area contributed by atoms with Gasteiger partial charge in [-0.15, -0.1) is 0 Å². The highest BCUT2D eigenvalue weighted by Crippen LogP contribution is 2.59. The van der Waals surface area contributed by atoms with Crippen molar-refractivity contribution in [3.8, 4) is 0 Å². The first kappa shape index (κ1) is 18.7. The molecule has 1 saturated heterocycles. The second kappa shape index (κ2) is 5.74. The molecule has 24 heavy (non-hydrogen) atoms. The molecule has 0 aromatic rings. The van der Waals surface area contributed by atoms with Crippen LogP contribution in [0.1, 0.15) is 47.0 Å². The zero-order valence-corrected chi connectivity index (χ0v) is 14.2. The van der Waals surface area contributed by atoms with E-state index in [1.165, 1.54) is 0 Å². The summed E-state index contributed by atoms with van der Waals surface area (Å²) in [6.07, 6.45) is -6.15. The lowest BCUT2D eigenvalue weighted by Gasteiger charge is -2.36. The number of likely N-dealkylation sites (tertiary alicyclic amines) is 1. The normalized spacial score (nSPS) is 27.0. The van der Waals surface area contributed by atoms with Gasteiger partial charge in [-0.05, 0) is 46.0 Å². The number of Topliss-reactive ketones (excluding diaryl/α,β-unsaturated/α-hetero) is 1. The minimum absolute atomic E-state index is 0.0226. The van der Waals surface area contributed by atoms with Crippen LogP contribution in [0.5, 0.6) is 0 Å². The molecule has 2 atom stereocenters. The van der Waals surface area contributed by atoms with Crippen molar-refractivity contribution < 1.29 is 32.3 Å². The zero-order valence-electron chi connectivity index (χ0n) is 14.2. The summed E-state index contributed by atoms with van der Waals surface area (Å²) in [6, 6.07) is 0. The van der Waals surface area contributed by atoms with E-state index in [1.807, 2.05) is 0 Å². The van der Waals surface area contributed by atoms with E-state index in [-0.39, 0.29) is 31.7 Å². The zero-order chi connectivity index (χ0) is 18.5. The highest BCUT2D eigenvalue weighted by molar-refractivity contribution is 6.09. The number of alkyl halides is 3. The van der Waals surface area contributed by atoms with Crippen molar-refractivity contribution in [2.24, 2.45) is 17.3 Å². The second-order valence-corrected chi connectivity index (χ2v) is 7.77. The van der Waals surface area contributed by atoms with Crippen molar-refractivity contribution >= 4 is 17.8 Å². The molecule has 1 aliphatic heterocycles. The number of rotatable bonds is 2. The van der Waals surface area contributed by atoms with Gasteiger partial charge >= 0.3 is 12.3 Å². The average Bonchev–Trinajstić information content (AvgIpc) is 3.19. The quantitative estimate of drug-likeness (QED) is 0.718. The predicted molar refractivity (Wildman–Crippen MR) is 77.9 cm³/mol. The number of ether oxygens (including phenoxy) is 1. The molecular formula is C16H22F3NO4. The van der Waals surface area contributed by atoms with E-state index >= 15 is 0 Å². The highest BCUT2D eigenvalue weighted by Gasteiger charge is 2.70. The molecule has 0 bridgehead atoms. The Balaban J connectivity index is 2.21. The summed E-state index contributed by atoms with van der Waals surface area (Å²) < 4.78 is 44.6. The Morgan fingerprint density at radius 2 is 1.75 bits per heavy atom. The summed E-state index contributed by atoms with van der Waals surface area (Å²) in [7, 11) is 0. The number of hydrogen-bond acceptors (Lipinski definition) is 4. The van der Waals surface area contributed by atoms with Gasteiger partial charge in [0.2, 0.25) is 5.91 Å². The summed E-state index contributed by atoms with van der Waals surface area (Å²) in [6.45, 7) is 6.59. The van der Waals surface area contributed by atoms with Crippen LogP contribution in [0.2, 0.25) is 0 Å². The lowest BCUT2D eigenvalue weighted by Crippen LogP contribution is -2.53. The van der Waals surface area contributed by atoms with Crippen LogP contribution in [0.15, 0.2) is 0 Å². The van der Waals surface area contributed by atoms with E-state index in [4.69, 9.17) is 4.74 Å². The van der Waals surface area contributed by atoms with Gasteiger partial charge in [-0.1, -0.05) is 6.92 Å². The van der Waals surface area contributed by atoms with Crippen molar-refractivity contribution in [3.63, 3.8) is 0 Å². The lowest BCUT2D eigenvalue weighted by atomic mass is 9.80. The number of carbonyl (C=O) groups is 3. The maximum atomic E-state index is 13.2. The second-order valence-electron chi connectivity index (χ2n) is 7.77. The third kappa shape index (κ3) is 3.42. The molecule has 2 fully saturated rings. The molecule has 2 aliphatic rings. The molecule has 0 spiro atoms. The number of amides is 2. The number of halogens is 3. The maximum Gasteiger partial charge on any atom is 0.417 e. The number of imide groups is 1. The fraction of sp³-hybridized carbons (Fsp3) is 0.812. The largest absolute Gasteiger partial charge is 0.443 e. The fourth-order valence-electron chi connectivity index (χ4n) is 3.00. The van der Waals surface area contributed by atoms with Gasteiger partial charge in [-0.2, -0.15) is 13.2 Å². The smallest absolute Gasteiger partial charge is 0.417 e. The molecule has 1 aliphatic carbocycles. The maximum absolute atomic E-state index is 13.2. The average molecular weight is 349 g/mol. The van der Waals surface area contributed by atoms with Gasteiger partial charge in [0.25, 0.3) is 0 Å². The topological polar surface area (TPSA) is 63.7 Å². The van der Waals surface area contributed by atoms with Crippen molar-refractivity contribution in [3.05, 3.63) is 0 Å². The summed E-state index contributed by atoms with van der Waals surface area (Å²) in [5.41, 5.74) is -3.26. The van der Waals surface area contributed by atoms with Crippen molar-refractivity contribution in [1.82, 2.24) is 4.90 Å². The third-order valence-corrected chi connectivity index (χ3v) is 4.39. The minimum Gasteiger partial charge on any atom is -0.443 e. The molecule has 0 aromatic heterocycles. The van der Waals surface area contributed by atoms with Gasteiger partial charge in [0.15, 0.2) is 5.78 Å².